The third-order valence-electron chi connectivity index (χ3n) is 4.08. The van der Waals surface area contributed by atoms with Crippen LogP contribution in [0.2, 0.25) is 0 Å². The van der Waals surface area contributed by atoms with E-state index >= 15 is 0 Å². The molecule has 3 aromatic rings. The third-order valence-corrected chi connectivity index (χ3v) is 4.08. The molecule has 1 aliphatic rings. The van der Waals surface area contributed by atoms with Crippen molar-refractivity contribution < 1.29 is 4.74 Å². The van der Waals surface area contributed by atoms with Crippen LogP contribution in [0.1, 0.15) is 12.5 Å². The zero-order chi connectivity index (χ0) is 16.4. The van der Waals surface area contributed by atoms with Gasteiger partial charge < -0.3 is 4.74 Å². The fraction of sp³-hybridized carbons (Fsp3) is 0.0455. The van der Waals surface area contributed by atoms with Gasteiger partial charge in [0.2, 0.25) is 0 Å². The third kappa shape index (κ3) is 2.52. The zero-order valence-corrected chi connectivity index (χ0v) is 13.4. The number of hydrogen-bond acceptors (Lipinski definition) is 2. The molecule has 0 spiro atoms. The van der Waals surface area contributed by atoms with E-state index in [2.05, 4.69) is 47.5 Å². The van der Waals surface area contributed by atoms with Crippen LogP contribution in [0.25, 0.3) is 28.0 Å². The topological polar surface area (TPSA) is 21.6 Å². The first-order chi connectivity index (χ1) is 11.9. The number of benzene rings is 3. The first-order valence-electron chi connectivity index (χ1n) is 8.02. The smallest absolute Gasteiger partial charge is 0.146 e. The van der Waals surface area contributed by atoms with E-state index in [1.807, 2.05) is 37.3 Å². The molecule has 2 nitrogen and oxygen atoms in total. The quantitative estimate of drug-likeness (QED) is 0.556. The van der Waals surface area contributed by atoms with Gasteiger partial charge in [0.05, 0.1) is 6.21 Å². The molecule has 1 heterocycles. The van der Waals surface area contributed by atoms with Gasteiger partial charge in [-0.15, -0.1) is 0 Å². The lowest BCUT2D eigenvalue weighted by atomic mass is 9.93. The Kier molecular flexibility index (Phi) is 3.72. The van der Waals surface area contributed by atoms with Gasteiger partial charge in [-0.3, -0.25) is 4.99 Å². The number of rotatable bonds is 3. The minimum absolute atomic E-state index is 0.751. The van der Waals surface area contributed by atoms with Crippen molar-refractivity contribution >= 4 is 23.1 Å². The lowest BCUT2D eigenvalue weighted by Crippen LogP contribution is -2.02. The van der Waals surface area contributed by atoms with Crippen molar-refractivity contribution in [3.63, 3.8) is 0 Å². The molecule has 0 aromatic heterocycles. The number of allylic oxidation sites excluding steroid dienone is 2. The van der Waals surface area contributed by atoms with Gasteiger partial charge >= 0.3 is 0 Å². The Morgan fingerprint density at radius 2 is 1.79 bits per heavy atom. The first-order valence-corrected chi connectivity index (χ1v) is 8.02. The predicted molar refractivity (Wildman–Crippen MR) is 101 cm³/mol. The van der Waals surface area contributed by atoms with Crippen molar-refractivity contribution in [1.29, 1.82) is 0 Å². The van der Waals surface area contributed by atoms with Crippen molar-refractivity contribution in [2.75, 3.05) is 0 Å². The van der Waals surface area contributed by atoms with E-state index in [0.29, 0.717) is 0 Å². The Balaban J connectivity index is 1.89. The predicted octanol–water partition coefficient (Wildman–Crippen LogP) is 5.84. The molecular weight excluding hydrogens is 294 g/mol. The van der Waals surface area contributed by atoms with E-state index in [1.54, 1.807) is 12.4 Å². The van der Waals surface area contributed by atoms with E-state index in [9.17, 15) is 0 Å². The van der Waals surface area contributed by atoms with Crippen LogP contribution in [0, 0.1) is 0 Å². The molecule has 0 N–H and O–H groups in total. The summed E-state index contributed by atoms with van der Waals surface area (Å²) in [5.74, 6) is 1.63. The zero-order valence-electron chi connectivity index (χ0n) is 13.4. The molecule has 0 saturated heterocycles. The van der Waals surface area contributed by atoms with Crippen LogP contribution in [0.15, 0.2) is 83.7 Å². The fourth-order valence-corrected chi connectivity index (χ4v) is 3.05. The molecular formula is C22H17NO. The molecule has 1 aliphatic heterocycles. The van der Waals surface area contributed by atoms with Crippen molar-refractivity contribution in [1.82, 2.24) is 0 Å². The second-order valence-electron chi connectivity index (χ2n) is 5.66. The fourth-order valence-electron chi connectivity index (χ4n) is 3.05. The maximum Gasteiger partial charge on any atom is 0.146 e. The summed E-state index contributed by atoms with van der Waals surface area (Å²) in [6.07, 6.45) is 7.42. The van der Waals surface area contributed by atoms with Gasteiger partial charge in [-0.25, -0.2) is 0 Å². The monoisotopic (exact) mass is 311 g/mol. The molecule has 0 amide bonds. The standard InChI is InChI=1S/C22H17NO/c1-2-13-23-15-18-14-17-11-12-19(16-7-4-3-5-8-16)20-9-6-10-21(24-18)22(17)20/h2-15H,1H3/b13-2-,23-15?. The highest BCUT2D eigenvalue weighted by molar-refractivity contribution is 6.06. The van der Waals surface area contributed by atoms with E-state index in [4.69, 9.17) is 4.74 Å². The molecule has 0 atom stereocenters. The van der Waals surface area contributed by atoms with Crippen molar-refractivity contribution in [2.45, 2.75) is 6.92 Å². The summed E-state index contributed by atoms with van der Waals surface area (Å²) in [6.45, 7) is 1.94. The molecule has 3 aromatic carbocycles. The van der Waals surface area contributed by atoms with E-state index in [-0.39, 0.29) is 0 Å². The highest BCUT2D eigenvalue weighted by Crippen LogP contribution is 2.39. The molecule has 24 heavy (non-hydrogen) atoms. The molecule has 0 aliphatic carbocycles. The van der Waals surface area contributed by atoms with Gasteiger partial charge in [0.15, 0.2) is 0 Å². The second kappa shape index (κ2) is 6.17. The minimum atomic E-state index is 0.751. The van der Waals surface area contributed by atoms with E-state index < -0.39 is 0 Å². The van der Waals surface area contributed by atoms with Crippen LogP contribution >= 0.6 is 0 Å². The summed E-state index contributed by atoms with van der Waals surface area (Å²) in [6, 6.07) is 21.0. The maximum atomic E-state index is 6.02. The summed E-state index contributed by atoms with van der Waals surface area (Å²) in [5, 5.41) is 2.36. The van der Waals surface area contributed by atoms with Crippen LogP contribution < -0.4 is 4.74 Å². The highest BCUT2D eigenvalue weighted by atomic mass is 16.5. The molecule has 0 saturated carbocycles. The molecule has 0 fully saturated rings. The van der Waals surface area contributed by atoms with Crippen LogP contribution in [0.3, 0.4) is 0 Å². The number of hydrogen-bond donors (Lipinski definition) is 0. The van der Waals surface area contributed by atoms with Crippen LogP contribution in [-0.4, -0.2) is 6.21 Å². The lowest BCUT2D eigenvalue weighted by Gasteiger charge is -2.18. The SMILES string of the molecule is C/C=C\N=CC1=Cc2ccc(-c3ccccc3)c3cccc(c23)O1. The van der Waals surface area contributed by atoms with Crippen molar-refractivity contribution in [3.05, 3.63) is 84.3 Å². The highest BCUT2D eigenvalue weighted by Gasteiger charge is 2.16. The maximum absolute atomic E-state index is 6.02. The van der Waals surface area contributed by atoms with Crippen molar-refractivity contribution in [2.24, 2.45) is 4.99 Å². The minimum Gasteiger partial charge on any atom is -0.455 e. The average molecular weight is 311 g/mol. The van der Waals surface area contributed by atoms with Gasteiger partial charge in [-0.1, -0.05) is 60.7 Å². The Morgan fingerprint density at radius 1 is 0.917 bits per heavy atom. The summed E-state index contributed by atoms with van der Waals surface area (Å²) >= 11 is 0. The molecule has 4 rings (SSSR count). The molecule has 0 radical (unpaired) electrons. The Morgan fingerprint density at radius 3 is 2.62 bits per heavy atom. The van der Waals surface area contributed by atoms with E-state index in [1.165, 1.54) is 16.5 Å². The summed E-state index contributed by atoms with van der Waals surface area (Å²) in [7, 11) is 0. The Bertz CT molecular complexity index is 982. The van der Waals surface area contributed by atoms with Crippen molar-refractivity contribution in [3.8, 4) is 16.9 Å². The summed E-state index contributed by atoms with van der Waals surface area (Å²) in [4.78, 5) is 4.22. The van der Waals surface area contributed by atoms with Gasteiger partial charge in [0.25, 0.3) is 0 Å². The van der Waals surface area contributed by atoms with Crippen LogP contribution in [0.4, 0.5) is 0 Å². The van der Waals surface area contributed by atoms with Gasteiger partial charge in [-0.05, 0) is 41.1 Å². The summed E-state index contributed by atoms with van der Waals surface area (Å²) < 4.78 is 6.02. The number of ether oxygens (including phenoxy) is 1. The van der Waals surface area contributed by atoms with Crippen LogP contribution in [0.5, 0.6) is 5.75 Å². The second-order valence-corrected chi connectivity index (χ2v) is 5.66. The molecule has 2 heteroatoms. The van der Waals surface area contributed by atoms with Gasteiger partial charge in [-0.2, -0.15) is 0 Å². The normalized spacial score (nSPS) is 13.5. The van der Waals surface area contributed by atoms with E-state index in [0.717, 1.165) is 22.5 Å². The van der Waals surface area contributed by atoms with Gasteiger partial charge in [0, 0.05) is 11.6 Å². The molecule has 0 unspecified atom stereocenters. The largest absolute Gasteiger partial charge is 0.455 e. The first kappa shape index (κ1) is 14.5. The summed E-state index contributed by atoms with van der Waals surface area (Å²) in [5.41, 5.74) is 3.60. The number of nitrogens with zero attached hydrogens (tertiary/aromatic N) is 1. The Labute approximate surface area is 141 Å². The Hall–Kier alpha value is -3.13. The lowest BCUT2D eigenvalue weighted by molar-refractivity contribution is 0.464. The van der Waals surface area contributed by atoms with Gasteiger partial charge in [0.1, 0.15) is 11.5 Å². The number of aliphatic imine (C=N–C) groups is 1. The molecule has 116 valence electrons. The molecule has 0 bridgehead atoms. The average Bonchev–Trinajstić information content (AvgIpc) is 2.63. The van der Waals surface area contributed by atoms with Crippen LogP contribution in [-0.2, 0) is 0 Å².